The summed E-state index contributed by atoms with van der Waals surface area (Å²) < 4.78 is 27.1. The lowest BCUT2D eigenvalue weighted by Crippen LogP contribution is -2.42. The first kappa shape index (κ1) is 39.9. The fourth-order valence-corrected chi connectivity index (χ4v) is 11.7. The van der Waals surface area contributed by atoms with Gasteiger partial charge >= 0.3 is 0 Å². The zero-order valence-corrected chi connectivity index (χ0v) is 39.2. The minimum Gasteiger partial charge on any atom is -0.482 e. The van der Waals surface area contributed by atoms with Crippen molar-refractivity contribution in [3.63, 3.8) is 0 Å². The Bertz CT molecular complexity index is 4540. The summed E-state index contributed by atoms with van der Waals surface area (Å²) >= 11 is 0. The molecule has 2 atom stereocenters. The van der Waals surface area contributed by atoms with Crippen LogP contribution in [0.1, 0.15) is 29.5 Å². The average molecular weight is 917 g/mol. The highest BCUT2D eigenvalue weighted by Gasteiger charge is 2.44. The summed E-state index contributed by atoms with van der Waals surface area (Å²) in [5.74, 6) is 0.880. The standard InChI is InChI=1S/C65H44N2O4/c1-38-14-4-8-20-54(38)66(56-22-12-18-48-46-16-6-10-24-58(46)69-63(48)56)44-28-26-40-32-50-51-35-62-52(36-61(51)68-60(50)34-42(40)30-44)53-33-41-27-29-45(31-43(41)37-65(53,3)71-62)67(55-21-9-5-15-39(55)2)57-23-13-19-49-47-17-7-11-25-59(47)70-64(49)57/h4-37,53H,1-3H3. The number of hydrogen-bond donors (Lipinski definition) is 0. The second-order valence-corrected chi connectivity index (χ2v) is 19.5. The third kappa shape index (κ3) is 5.94. The summed E-state index contributed by atoms with van der Waals surface area (Å²) in [5.41, 5.74) is 14.3. The second kappa shape index (κ2) is 14.8. The number of rotatable bonds is 6. The summed E-state index contributed by atoms with van der Waals surface area (Å²) in [4.78, 5) is 4.65. The molecule has 4 heterocycles. The molecule has 0 spiro atoms. The number of ether oxygens (including phenoxy) is 1. The van der Waals surface area contributed by atoms with E-state index in [2.05, 4.69) is 213 Å². The van der Waals surface area contributed by atoms with E-state index < -0.39 is 5.60 Å². The van der Waals surface area contributed by atoms with Crippen LogP contribution in [0.5, 0.6) is 5.75 Å². The summed E-state index contributed by atoms with van der Waals surface area (Å²) in [6.07, 6.45) is 4.69. The van der Waals surface area contributed by atoms with Gasteiger partial charge < -0.3 is 27.8 Å². The van der Waals surface area contributed by atoms with E-state index in [4.69, 9.17) is 18.0 Å². The number of hydrogen-bond acceptors (Lipinski definition) is 6. The highest BCUT2D eigenvalue weighted by Crippen LogP contribution is 2.51. The summed E-state index contributed by atoms with van der Waals surface area (Å²) in [6.45, 7) is 6.53. The minimum absolute atomic E-state index is 0.00417. The zero-order chi connectivity index (χ0) is 47.1. The van der Waals surface area contributed by atoms with Gasteiger partial charge in [-0.2, -0.15) is 0 Å². The molecule has 6 heteroatoms. The lowest BCUT2D eigenvalue weighted by Gasteiger charge is -2.30. The monoisotopic (exact) mass is 916 g/mol. The Morgan fingerprint density at radius 3 is 1.62 bits per heavy atom. The molecular weight excluding hydrogens is 873 g/mol. The quantitative estimate of drug-likeness (QED) is 0.166. The lowest BCUT2D eigenvalue weighted by atomic mass is 9.81. The Labute approximate surface area is 408 Å². The maximum Gasteiger partial charge on any atom is 0.159 e. The van der Waals surface area contributed by atoms with Gasteiger partial charge in [0.1, 0.15) is 33.7 Å². The van der Waals surface area contributed by atoms with E-state index in [1.54, 1.807) is 0 Å². The van der Waals surface area contributed by atoms with E-state index in [0.29, 0.717) is 0 Å². The van der Waals surface area contributed by atoms with Gasteiger partial charge in [-0.05, 0) is 144 Å². The predicted molar refractivity (Wildman–Crippen MR) is 291 cm³/mol. The molecule has 13 aromatic rings. The number of para-hydroxylation sites is 6. The van der Waals surface area contributed by atoms with E-state index in [0.717, 1.165) is 127 Å². The largest absolute Gasteiger partial charge is 0.482 e. The van der Waals surface area contributed by atoms with Crippen molar-refractivity contribution in [2.24, 2.45) is 0 Å². The first-order valence-corrected chi connectivity index (χ1v) is 24.3. The third-order valence-electron chi connectivity index (χ3n) is 15.2. The molecule has 0 fully saturated rings. The van der Waals surface area contributed by atoms with Gasteiger partial charge in [0.05, 0.1) is 11.4 Å². The topological polar surface area (TPSA) is 55.1 Å². The van der Waals surface area contributed by atoms with E-state index in [-0.39, 0.29) is 5.92 Å². The molecule has 6 nitrogen and oxygen atoms in total. The lowest BCUT2D eigenvalue weighted by molar-refractivity contribution is 0.177. The van der Waals surface area contributed by atoms with Crippen LogP contribution in [0, 0.1) is 13.8 Å². The molecule has 71 heavy (non-hydrogen) atoms. The molecule has 1 aliphatic carbocycles. The molecule has 2 unspecified atom stereocenters. The van der Waals surface area contributed by atoms with E-state index >= 15 is 0 Å². The SMILES string of the molecule is Cc1ccccc1N(c1ccc2c(c1)=CC1(C)Oc3cc4c(cc3C1C=2)oc1cc2cc(N(c3ccccc3C)c3cccc5c3oc3ccccc35)ccc2cc14)c1cccc2c1oc1ccccc12. The normalized spacial score (nSPS) is 16.1. The van der Waals surface area contributed by atoms with Crippen LogP contribution in [0.25, 0.3) is 88.7 Å². The Hall–Kier alpha value is -9.00. The van der Waals surface area contributed by atoms with Gasteiger partial charge in [0, 0.05) is 66.5 Å². The van der Waals surface area contributed by atoms with Gasteiger partial charge in [0.25, 0.3) is 0 Å². The molecule has 3 aromatic heterocycles. The smallest absolute Gasteiger partial charge is 0.159 e. The highest BCUT2D eigenvalue weighted by atomic mass is 16.5. The maximum atomic E-state index is 7.06. The summed E-state index contributed by atoms with van der Waals surface area (Å²) in [5, 5.41) is 11.0. The van der Waals surface area contributed by atoms with Gasteiger partial charge in [0.15, 0.2) is 11.2 Å². The average Bonchev–Trinajstić information content (AvgIpc) is 4.14. The predicted octanol–water partition coefficient (Wildman–Crippen LogP) is 16.6. The minimum atomic E-state index is -0.604. The molecule has 2 aliphatic rings. The first-order valence-electron chi connectivity index (χ1n) is 24.3. The number of aryl methyl sites for hydroxylation is 2. The Kier molecular flexibility index (Phi) is 8.30. The van der Waals surface area contributed by atoms with Gasteiger partial charge in [-0.15, -0.1) is 0 Å². The van der Waals surface area contributed by atoms with Crippen LogP contribution in [0.3, 0.4) is 0 Å². The van der Waals surface area contributed by atoms with E-state index in [9.17, 15) is 0 Å². The third-order valence-corrected chi connectivity index (χ3v) is 15.2. The summed E-state index contributed by atoms with van der Waals surface area (Å²) in [7, 11) is 0. The molecule has 1 aliphatic heterocycles. The molecule has 0 amide bonds. The molecule has 15 rings (SSSR count). The fourth-order valence-electron chi connectivity index (χ4n) is 11.7. The Balaban J connectivity index is 0.820. The molecule has 0 N–H and O–H groups in total. The Morgan fingerprint density at radius 1 is 0.408 bits per heavy atom. The number of furan rings is 3. The Morgan fingerprint density at radius 2 is 0.958 bits per heavy atom. The molecule has 0 bridgehead atoms. The molecule has 0 saturated heterocycles. The number of benzene rings is 10. The number of anilines is 6. The van der Waals surface area contributed by atoms with Crippen LogP contribution in [-0.4, -0.2) is 5.60 Å². The van der Waals surface area contributed by atoms with Crippen molar-refractivity contribution in [3.05, 3.63) is 221 Å². The van der Waals surface area contributed by atoms with Crippen molar-refractivity contribution in [1.29, 1.82) is 0 Å². The molecule has 10 aromatic carbocycles. The number of nitrogens with zero attached hydrogens (tertiary/aromatic N) is 2. The van der Waals surface area contributed by atoms with Crippen LogP contribution >= 0.6 is 0 Å². The van der Waals surface area contributed by atoms with Gasteiger partial charge in [0.2, 0.25) is 0 Å². The fraction of sp³-hybridized carbons (Fsp3) is 0.0769. The number of fused-ring (bicyclic) bond motifs is 14. The molecule has 0 saturated carbocycles. The van der Waals surface area contributed by atoms with Crippen molar-refractivity contribution in [3.8, 4) is 5.75 Å². The van der Waals surface area contributed by atoms with E-state index in [1.807, 2.05) is 24.3 Å². The second-order valence-electron chi connectivity index (χ2n) is 19.5. The van der Waals surface area contributed by atoms with Crippen molar-refractivity contribution >= 4 is 123 Å². The van der Waals surface area contributed by atoms with Crippen molar-refractivity contribution in [2.75, 3.05) is 9.80 Å². The van der Waals surface area contributed by atoms with Gasteiger partial charge in [-0.1, -0.05) is 115 Å². The van der Waals surface area contributed by atoms with Crippen LogP contribution in [0.2, 0.25) is 0 Å². The van der Waals surface area contributed by atoms with Crippen LogP contribution < -0.4 is 25.0 Å². The first-order chi connectivity index (χ1) is 34.8. The van der Waals surface area contributed by atoms with Crippen LogP contribution in [-0.2, 0) is 0 Å². The molecular formula is C65H44N2O4. The van der Waals surface area contributed by atoms with Gasteiger partial charge in [-0.25, -0.2) is 0 Å². The highest BCUT2D eigenvalue weighted by molar-refractivity contribution is 6.14. The van der Waals surface area contributed by atoms with Crippen molar-refractivity contribution in [1.82, 2.24) is 0 Å². The van der Waals surface area contributed by atoms with Crippen molar-refractivity contribution in [2.45, 2.75) is 32.3 Å². The van der Waals surface area contributed by atoms with Gasteiger partial charge in [-0.3, -0.25) is 0 Å². The van der Waals surface area contributed by atoms with Crippen LogP contribution in [0.15, 0.2) is 207 Å². The van der Waals surface area contributed by atoms with Crippen molar-refractivity contribution < 1.29 is 18.0 Å². The molecule has 338 valence electrons. The molecule has 0 radical (unpaired) electrons. The van der Waals surface area contributed by atoms with E-state index in [1.165, 1.54) is 16.3 Å². The summed E-state index contributed by atoms with van der Waals surface area (Å²) in [6, 6.07) is 68.8. The van der Waals surface area contributed by atoms with Crippen LogP contribution in [0.4, 0.5) is 34.1 Å². The maximum absolute atomic E-state index is 7.06. The zero-order valence-electron chi connectivity index (χ0n) is 39.2.